The van der Waals surface area contributed by atoms with Gasteiger partial charge in [-0.2, -0.15) is 0 Å². The van der Waals surface area contributed by atoms with E-state index in [0.717, 1.165) is 10.8 Å². The largest absolute Gasteiger partial charge is 0.0668 e. The minimum absolute atomic E-state index is 0.793. The van der Waals surface area contributed by atoms with Gasteiger partial charge in [-0.25, -0.2) is 0 Å². The van der Waals surface area contributed by atoms with E-state index >= 15 is 0 Å². The molecule has 0 radical (unpaired) electrons. The van der Waals surface area contributed by atoms with Crippen LogP contribution in [0.4, 0.5) is 0 Å². The summed E-state index contributed by atoms with van der Waals surface area (Å²) in [4.78, 5) is 0. The topological polar surface area (TPSA) is 0 Å². The van der Waals surface area contributed by atoms with Gasteiger partial charge in [-0.3, -0.25) is 0 Å². The van der Waals surface area contributed by atoms with Crippen LogP contribution in [-0.2, 0) is 0 Å². The molecule has 2 spiro atoms. The molecule has 0 N–H and O–H groups in total. The Bertz CT molecular complexity index is 309. The third-order valence-electron chi connectivity index (χ3n) is 4.68. The molecule has 5 aliphatic rings. The Hall–Kier alpha value is -0.520. The zero-order valence-corrected chi connectivity index (χ0v) is 5.83. The molecule has 0 nitrogen and oxygen atoms in total. The molecule has 0 aromatic rings. The first-order valence-corrected chi connectivity index (χ1v) is 4.33. The average molecular weight is 128 g/mol. The molecule has 0 heteroatoms. The van der Waals surface area contributed by atoms with E-state index in [4.69, 9.17) is 0 Å². The molecular formula is C10H8. The summed E-state index contributed by atoms with van der Waals surface area (Å²) in [7, 11) is 0. The summed E-state index contributed by atoms with van der Waals surface area (Å²) in [5.74, 6) is 0. The predicted molar refractivity (Wildman–Crippen MR) is 37.4 cm³/mol. The predicted octanol–water partition coefficient (Wildman–Crippen LogP) is 2.18. The third-order valence-corrected chi connectivity index (χ3v) is 4.68. The fraction of sp³-hybridized carbons (Fsp3) is 0.600. The van der Waals surface area contributed by atoms with Gasteiger partial charge >= 0.3 is 0 Å². The minimum Gasteiger partial charge on any atom is -0.0668 e. The molecule has 0 aromatic carbocycles. The Morgan fingerprint density at radius 1 is 0.700 bits per heavy atom. The van der Waals surface area contributed by atoms with Gasteiger partial charge in [-0.1, -0.05) is 11.1 Å². The Morgan fingerprint density at radius 2 is 1.10 bits per heavy atom. The van der Waals surface area contributed by atoms with E-state index in [1.807, 2.05) is 22.3 Å². The second-order valence-electron chi connectivity index (χ2n) is 4.83. The maximum absolute atomic E-state index is 1.95. The van der Waals surface area contributed by atoms with E-state index in [1.54, 1.807) is 0 Å². The zero-order valence-electron chi connectivity index (χ0n) is 5.83. The van der Waals surface area contributed by atoms with Crippen molar-refractivity contribution < 1.29 is 0 Å². The number of rotatable bonds is 0. The van der Waals surface area contributed by atoms with E-state index in [0.29, 0.717) is 0 Å². The molecule has 0 atom stereocenters. The van der Waals surface area contributed by atoms with Crippen molar-refractivity contribution in [3.05, 3.63) is 22.3 Å². The molecule has 48 valence electrons. The highest BCUT2D eigenvalue weighted by Gasteiger charge is 2.83. The van der Waals surface area contributed by atoms with Crippen LogP contribution < -0.4 is 0 Å². The molecule has 0 unspecified atom stereocenters. The van der Waals surface area contributed by atoms with E-state index in [9.17, 15) is 0 Å². The first-order chi connectivity index (χ1) is 4.87. The van der Waals surface area contributed by atoms with Gasteiger partial charge in [0.05, 0.1) is 0 Å². The van der Waals surface area contributed by atoms with Crippen molar-refractivity contribution in [2.24, 2.45) is 10.8 Å². The molecule has 0 amide bonds. The second-order valence-corrected chi connectivity index (χ2v) is 4.83. The maximum Gasteiger partial charge on any atom is 0.0218 e. The van der Waals surface area contributed by atoms with Crippen molar-refractivity contribution in [1.29, 1.82) is 0 Å². The van der Waals surface area contributed by atoms with Crippen molar-refractivity contribution in [3.8, 4) is 0 Å². The van der Waals surface area contributed by atoms with E-state index in [-0.39, 0.29) is 0 Å². The van der Waals surface area contributed by atoms with Crippen LogP contribution >= 0.6 is 0 Å². The minimum atomic E-state index is 0.793. The van der Waals surface area contributed by atoms with Crippen LogP contribution in [0.3, 0.4) is 0 Å². The fourth-order valence-corrected chi connectivity index (χ4v) is 4.80. The summed E-state index contributed by atoms with van der Waals surface area (Å²) in [6.45, 7) is 0. The first-order valence-electron chi connectivity index (χ1n) is 4.33. The first kappa shape index (κ1) is 3.75. The van der Waals surface area contributed by atoms with Gasteiger partial charge in [0, 0.05) is 10.8 Å². The summed E-state index contributed by atoms with van der Waals surface area (Å²) in [6, 6.07) is 0. The van der Waals surface area contributed by atoms with Crippen LogP contribution in [0, 0.1) is 10.8 Å². The van der Waals surface area contributed by atoms with Crippen molar-refractivity contribution in [1.82, 2.24) is 0 Å². The molecule has 0 heterocycles. The molecular weight excluding hydrogens is 120 g/mol. The van der Waals surface area contributed by atoms with Crippen molar-refractivity contribution in [2.75, 3.05) is 0 Å². The van der Waals surface area contributed by atoms with Gasteiger partial charge in [-0.15, -0.1) is 0 Å². The fourth-order valence-electron chi connectivity index (χ4n) is 4.80. The monoisotopic (exact) mass is 128 g/mol. The van der Waals surface area contributed by atoms with Crippen molar-refractivity contribution in [3.63, 3.8) is 0 Å². The van der Waals surface area contributed by atoms with Crippen LogP contribution in [0.15, 0.2) is 22.3 Å². The number of hydrogen-bond acceptors (Lipinski definition) is 0. The summed E-state index contributed by atoms with van der Waals surface area (Å²) in [5.41, 5.74) is 9.21. The molecule has 1 saturated carbocycles. The third kappa shape index (κ3) is 0.119. The molecule has 10 heavy (non-hydrogen) atoms. The summed E-state index contributed by atoms with van der Waals surface area (Å²) >= 11 is 0. The molecule has 0 saturated heterocycles. The quantitative estimate of drug-likeness (QED) is 0.439. The lowest BCUT2D eigenvalue weighted by Crippen LogP contribution is -2.75. The number of allylic oxidation sites excluding steroid dienone is 4. The van der Waals surface area contributed by atoms with Gasteiger partial charge in [-0.05, 0) is 36.8 Å². The summed E-state index contributed by atoms with van der Waals surface area (Å²) < 4.78 is 0. The molecule has 0 bridgehead atoms. The van der Waals surface area contributed by atoms with Crippen molar-refractivity contribution in [2.45, 2.75) is 25.7 Å². The summed E-state index contributed by atoms with van der Waals surface area (Å²) in [6.07, 6.45) is 5.96. The average Bonchev–Trinajstić information content (AvgIpc) is 1.73. The SMILES string of the molecule is C1C2=C3C14CC1=C4C3(C2)C1. The number of hydrogen-bond donors (Lipinski definition) is 0. The highest BCUT2D eigenvalue weighted by atomic mass is 14.9. The molecule has 0 aliphatic heterocycles. The Kier molecular flexibility index (Phi) is 0.236. The van der Waals surface area contributed by atoms with Crippen LogP contribution in [0.25, 0.3) is 0 Å². The van der Waals surface area contributed by atoms with E-state index < -0.39 is 0 Å². The molecule has 5 rings (SSSR count). The van der Waals surface area contributed by atoms with Gasteiger partial charge in [0.1, 0.15) is 0 Å². The van der Waals surface area contributed by atoms with Crippen LogP contribution in [0.5, 0.6) is 0 Å². The Balaban J connectivity index is 2.12. The zero-order chi connectivity index (χ0) is 6.14. The summed E-state index contributed by atoms with van der Waals surface area (Å²) in [5, 5.41) is 0. The smallest absolute Gasteiger partial charge is 0.0218 e. The van der Waals surface area contributed by atoms with Crippen LogP contribution in [0.2, 0.25) is 0 Å². The molecule has 1 fully saturated rings. The lowest BCUT2D eigenvalue weighted by atomic mass is 9.17. The van der Waals surface area contributed by atoms with Gasteiger partial charge < -0.3 is 0 Å². The van der Waals surface area contributed by atoms with Crippen LogP contribution in [-0.4, -0.2) is 0 Å². The maximum atomic E-state index is 1.95. The van der Waals surface area contributed by atoms with Gasteiger partial charge in [0.2, 0.25) is 0 Å². The second kappa shape index (κ2) is 0.628. The van der Waals surface area contributed by atoms with Crippen molar-refractivity contribution >= 4 is 0 Å². The standard InChI is InChI=1S/C10H8/c1-5-2-10-4-6-3-9(1,7(5)10)8(6)10/h1-4H2. The van der Waals surface area contributed by atoms with Gasteiger partial charge in [0.25, 0.3) is 0 Å². The van der Waals surface area contributed by atoms with E-state index in [1.165, 1.54) is 25.7 Å². The lowest BCUT2D eigenvalue weighted by Gasteiger charge is -2.86. The highest BCUT2D eigenvalue weighted by Crippen LogP contribution is 2.95. The lowest BCUT2D eigenvalue weighted by molar-refractivity contribution is -0.0265. The molecule has 0 aromatic heterocycles. The highest BCUT2D eigenvalue weighted by molar-refractivity contribution is 5.81. The normalized spacial score (nSPS) is 43.2. The molecule has 5 aliphatic carbocycles. The Morgan fingerprint density at radius 3 is 1.30 bits per heavy atom. The van der Waals surface area contributed by atoms with Gasteiger partial charge in [0.15, 0.2) is 0 Å². The van der Waals surface area contributed by atoms with Crippen LogP contribution in [0.1, 0.15) is 25.7 Å². The Labute approximate surface area is 59.6 Å². The van der Waals surface area contributed by atoms with E-state index in [2.05, 4.69) is 0 Å².